The number of quaternary nitrogens is 1. The van der Waals surface area contributed by atoms with Crippen LogP contribution in [0.5, 0.6) is 0 Å². The van der Waals surface area contributed by atoms with Crippen LogP contribution in [0.3, 0.4) is 0 Å². The lowest BCUT2D eigenvalue weighted by Gasteiger charge is -2.23. The zero-order chi connectivity index (χ0) is 15.2. The standard InChI is InChI=1S/C17H24N2O2/c1-13(19-10-5-3-4-6-11-19)17(21)18-16-9-7-8-15(12-16)14(2)20/h7-9,12-13H,3-6,10-11H2,1-2H3,(H,18,21)/p+1/t13-/m1/s1. The number of amides is 1. The summed E-state index contributed by atoms with van der Waals surface area (Å²) >= 11 is 0. The van der Waals surface area contributed by atoms with Crippen LogP contribution in [-0.4, -0.2) is 30.8 Å². The summed E-state index contributed by atoms with van der Waals surface area (Å²) in [5.41, 5.74) is 1.33. The first kappa shape index (κ1) is 15.7. The number of likely N-dealkylation sites (tertiary alicyclic amines) is 1. The highest BCUT2D eigenvalue weighted by atomic mass is 16.2. The van der Waals surface area contributed by atoms with E-state index in [9.17, 15) is 9.59 Å². The monoisotopic (exact) mass is 289 g/mol. The number of hydrogen-bond donors (Lipinski definition) is 2. The highest BCUT2D eigenvalue weighted by Gasteiger charge is 2.25. The van der Waals surface area contributed by atoms with Crippen LogP contribution in [0.4, 0.5) is 5.69 Å². The van der Waals surface area contributed by atoms with Gasteiger partial charge in [-0.3, -0.25) is 9.59 Å². The molecule has 1 aliphatic rings. The van der Waals surface area contributed by atoms with Crippen molar-refractivity contribution in [2.75, 3.05) is 18.4 Å². The van der Waals surface area contributed by atoms with Gasteiger partial charge in [0.2, 0.25) is 0 Å². The zero-order valence-corrected chi connectivity index (χ0v) is 12.9. The zero-order valence-electron chi connectivity index (χ0n) is 12.9. The summed E-state index contributed by atoms with van der Waals surface area (Å²) in [6, 6.07) is 7.08. The third-order valence-corrected chi connectivity index (χ3v) is 4.29. The summed E-state index contributed by atoms with van der Waals surface area (Å²) in [5.74, 6) is 0.0462. The molecule has 1 atom stereocenters. The van der Waals surface area contributed by atoms with Gasteiger partial charge in [-0.2, -0.15) is 0 Å². The van der Waals surface area contributed by atoms with Crippen LogP contribution < -0.4 is 10.2 Å². The third kappa shape index (κ3) is 4.39. The third-order valence-electron chi connectivity index (χ3n) is 4.29. The smallest absolute Gasteiger partial charge is 0.282 e. The van der Waals surface area contributed by atoms with Gasteiger partial charge in [-0.1, -0.05) is 12.1 Å². The molecule has 21 heavy (non-hydrogen) atoms. The van der Waals surface area contributed by atoms with E-state index in [1.54, 1.807) is 18.2 Å². The molecule has 0 unspecified atom stereocenters. The Labute approximate surface area is 126 Å². The normalized spacial score (nSPS) is 17.8. The van der Waals surface area contributed by atoms with Crippen molar-refractivity contribution in [3.63, 3.8) is 0 Å². The number of anilines is 1. The molecule has 4 nitrogen and oxygen atoms in total. The van der Waals surface area contributed by atoms with Crippen LogP contribution in [0.2, 0.25) is 0 Å². The van der Waals surface area contributed by atoms with Crippen LogP contribution >= 0.6 is 0 Å². The Morgan fingerprint density at radius 1 is 1.14 bits per heavy atom. The number of carbonyl (C=O) groups is 2. The number of ketones is 1. The minimum Gasteiger partial charge on any atom is -0.325 e. The molecule has 114 valence electrons. The molecule has 1 heterocycles. The van der Waals surface area contributed by atoms with Gasteiger partial charge in [-0.05, 0) is 51.7 Å². The SMILES string of the molecule is CC(=O)c1cccc(NC(=O)[C@@H](C)[NH+]2CCCCCC2)c1. The number of Topliss-reactive ketones (excluding diaryl/α,β-unsaturated/α-hetero) is 1. The molecule has 1 aliphatic heterocycles. The minimum atomic E-state index is -0.0518. The van der Waals surface area contributed by atoms with Gasteiger partial charge in [-0.15, -0.1) is 0 Å². The Bertz CT molecular complexity index is 505. The van der Waals surface area contributed by atoms with Gasteiger partial charge in [0, 0.05) is 11.3 Å². The van der Waals surface area contributed by atoms with Crippen molar-refractivity contribution in [2.45, 2.75) is 45.6 Å². The Morgan fingerprint density at radius 2 is 1.81 bits per heavy atom. The first-order valence-corrected chi connectivity index (χ1v) is 7.84. The number of carbonyl (C=O) groups excluding carboxylic acids is 2. The number of benzene rings is 1. The second kappa shape index (κ2) is 7.36. The Morgan fingerprint density at radius 3 is 2.43 bits per heavy atom. The Kier molecular flexibility index (Phi) is 5.51. The van der Waals surface area contributed by atoms with E-state index >= 15 is 0 Å². The maximum Gasteiger partial charge on any atom is 0.282 e. The van der Waals surface area contributed by atoms with Crippen LogP contribution in [-0.2, 0) is 4.79 Å². The lowest BCUT2D eigenvalue weighted by Crippen LogP contribution is -3.16. The number of nitrogens with one attached hydrogen (secondary N) is 2. The maximum absolute atomic E-state index is 12.4. The first-order chi connectivity index (χ1) is 10.1. The second-order valence-corrected chi connectivity index (χ2v) is 5.92. The number of rotatable bonds is 4. The molecule has 4 heteroatoms. The summed E-state index contributed by atoms with van der Waals surface area (Å²) in [4.78, 5) is 25.1. The van der Waals surface area contributed by atoms with Gasteiger partial charge < -0.3 is 10.2 Å². The molecule has 1 aromatic rings. The molecule has 1 fully saturated rings. The molecular formula is C17H25N2O2+. The summed E-state index contributed by atoms with van der Waals surface area (Å²) in [6.45, 7) is 5.67. The molecule has 0 spiro atoms. The van der Waals surface area contributed by atoms with Gasteiger partial charge >= 0.3 is 0 Å². The molecule has 0 saturated carbocycles. The summed E-state index contributed by atoms with van der Waals surface area (Å²) < 4.78 is 0. The van der Waals surface area contributed by atoms with Gasteiger partial charge in [0.25, 0.3) is 5.91 Å². The molecule has 1 saturated heterocycles. The average molecular weight is 289 g/mol. The highest BCUT2D eigenvalue weighted by Crippen LogP contribution is 2.11. The van der Waals surface area contributed by atoms with Gasteiger partial charge in [0.1, 0.15) is 0 Å². The van der Waals surface area contributed by atoms with Crippen molar-refractivity contribution in [2.24, 2.45) is 0 Å². The van der Waals surface area contributed by atoms with E-state index in [1.165, 1.54) is 37.5 Å². The number of hydrogen-bond acceptors (Lipinski definition) is 2. The van der Waals surface area contributed by atoms with Crippen molar-refractivity contribution < 1.29 is 14.5 Å². The molecule has 0 aliphatic carbocycles. The summed E-state index contributed by atoms with van der Waals surface area (Å²) in [6.07, 6.45) is 4.95. The van der Waals surface area contributed by atoms with Gasteiger partial charge in [0.05, 0.1) is 13.1 Å². The molecular weight excluding hydrogens is 264 g/mol. The van der Waals surface area contributed by atoms with Gasteiger partial charge in [0.15, 0.2) is 11.8 Å². The Hall–Kier alpha value is -1.68. The van der Waals surface area contributed by atoms with E-state index in [-0.39, 0.29) is 17.7 Å². The summed E-state index contributed by atoms with van der Waals surface area (Å²) in [5, 5.41) is 2.94. The van der Waals surface area contributed by atoms with Crippen LogP contribution in [0.25, 0.3) is 0 Å². The van der Waals surface area contributed by atoms with Crippen LogP contribution in [0, 0.1) is 0 Å². The van der Waals surface area contributed by atoms with E-state index in [0.717, 1.165) is 13.1 Å². The van der Waals surface area contributed by atoms with Crippen molar-refractivity contribution in [3.8, 4) is 0 Å². The fourth-order valence-electron chi connectivity index (χ4n) is 2.87. The van der Waals surface area contributed by atoms with E-state index in [1.807, 2.05) is 13.0 Å². The van der Waals surface area contributed by atoms with Gasteiger partial charge in [-0.25, -0.2) is 0 Å². The van der Waals surface area contributed by atoms with Crippen molar-refractivity contribution >= 4 is 17.4 Å². The minimum absolute atomic E-state index is 0.0114. The molecule has 1 amide bonds. The molecule has 0 aromatic heterocycles. The van der Waals surface area contributed by atoms with E-state index in [4.69, 9.17) is 0 Å². The largest absolute Gasteiger partial charge is 0.325 e. The molecule has 2 rings (SSSR count). The second-order valence-electron chi connectivity index (χ2n) is 5.92. The molecule has 1 aromatic carbocycles. The predicted octanol–water partition coefficient (Wildman–Crippen LogP) is 1.68. The first-order valence-electron chi connectivity index (χ1n) is 7.84. The predicted molar refractivity (Wildman–Crippen MR) is 83.7 cm³/mol. The topological polar surface area (TPSA) is 50.6 Å². The molecule has 2 N–H and O–H groups in total. The van der Waals surface area contributed by atoms with Crippen LogP contribution in [0.1, 0.15) is 49.9 Å². The van der Waals surface area contributed by atoms with Crippen molar-refractivity contribution in [1.82, 2.24) is 0 Å². The summed E-state index contributed by atoms with van der Waals surface area (Å²) in [7, 11) is 0. The lowest BCUT2D eigenvalue weighted by molar-refractivity contribution is -0.913. The van der Waals surface area contributed by atoms with E-state index in [2.05, 4.69) is 5.32 Å². The van der Waals surface area contributed by atoms with Crippen LogP contribution in [0.15, 0.2) is 24.3 Å². The fraction of sp³-hybridized carbons (Fsp3) is 0.529. The fourth-order valence-corrected chi connectivity index (χ4v) is 2.87. The van der Waals surface area contributed by atoms with Crippen molar-refractivity contribution in [1.29, 1.82) is 0 Å². The van der Waals surface area contributed by atoms with E-state index < -0.39 is 0 Å². The lowest BCUT2D eigenvalue weighted by atomic mass is 10.1. The molecule has 0 radical (unpaired) electrons. The quantitative estimate of drug-likeness (QED) is 0.829. The van der Waals surface area contributed by atoms with E-state index in [0.29, 0.717) is 11.3 Å². The Balaban J connectivity index is 1.99. The molecule has 0 bridgehead atoms. The maximum atomic E-state index is 12.4. The van der Waals surface area contributed by atoms with Crippen molar-refractivity contribution in [3.05, 3.63) is 29.8 Å². The highest BCUT2D eigenvalue weighted by molar-refractivity contribution is 5.97. The average Bonchev–Trinajstić information content (AvgIpc) is 2.75.